The number of aromatic nitrogens is 2. The minimum absolute atomic E-state index is 0.125. The molecule has 1 saturated heterocycles. The maximum atomic E-state index is 13.1. The van der Waals surface area contributed by atoms with Crippen molar-refractivity contribution in [2.45, 2.75) is 13.0 Å². The smallest absolute Gasteiger partial charge is 0.337 e. The number of hydrogen-bond acceptors (Lipinski definition) is 9. The fraction of sp³-hybridized carbons (Fsp3) is 0.174. The molecule has 4 rings (SSSR count). The van der Waals surface area contributed by atoms with E-state index in [4.69, 9.17) is 9.47 Å². The molecule has 1 aliphatic heterocycles. The molecule has 1 N–H and O–H groups in total. The maximum absolute atomic E-state index is 13.1. The molecule has 33 heavy (non-hydrogen) atoms. The lowest BCUT2D eigenvalue weighted by molar-refractivity contribution is -0.132. The third kappa shape index (κ3) is 3.96. The Labute approximate surface area is 192 Å². The Hall–Kier alpha value is -4.05. The summed E-state index contributed by atoms with van der Waals surface area (Å²) in [5, 5.41) is 19.9. The minimum atomic E-state index is -1.02. The van der Waals surface area contributed by atoms with Crippen LogP contribution < -0.4 is 9.64 Å². The summed E-state index contributed by atoms with van der Waals surface area (Å²) in [6.07, 6.45) is 0. The largest absolute Gasteiger partial charge is 0.507 e. The van der Waals surface area contributed by atoms with Gasteiger partial charge < -0.3 is 14.6 Å². The zero-order chi connectivity index (χ0) is 23.7. The summed E-state index contributed by atoms with van der Waals surface area (Å²) in [6.45, 7) is 1.72. The summed E-state index contributed by atoms with van der Waals surface area (Å²) in [7, 11) is 2.77. The summed E-state index contributed by atoms with van der Waals surface area (Å²) < 4.78 is 9.94. The highest BCUT2D eigenvalue weighted by Gasteiger charge is 2.48. The number of anilines is 1. The molecule has 3 aromatic rings. The summed E-state index contributed by atoms with van der Waals surface area (Å²) >= 11 is 1.14. The van der Waals surface area contributed by atoms with Crippen LogP contribution in [-0.2, 0) is 14.3 Å². The van der Waals surface area contributed by atoms with E-state index in [0.717, 1.165) is 11.3 Å². The summed E-state index contributed by atoms with van der Waals surface area (Å²) in [6, 6.07) is 11.7. The van der Waals surface area contributed by atoms with E-state index in [2.05, 4.69) is 10.2 Å². The predicted molar refractivity (Wildman–Crippen MR) is 120 cm³/mol. The van der Waals surface area contributed by atoms with Gasteiger partial charge in [-0.15, -0.1) is 10.2 Å². The van der Waals surface area contributed by atoms with Crippen molar-refractivity contribution < 1.29 is 29.0 Å². The van der Waals surface area contributed by atoms with Crippen molar-refractivity contribution >= 4 is 39.9 Å². The van der Waals surface area contributed by atoms with E-state index in [1.807, 2.05) is 0 Å². The number of nitrogens with zero attached hydrogens (tertiary/aromatic N) is 3. The normalized spacial score (nSPS) is 17.3. The predicted octanol–water partition coefficient (Wildman–Crippen LogP) is 3.27. The standard InChI is InChI=1S/C23H19N3O6S/c1-12-24-25-23(33-12)26-18(14-5-4-6-15(11-14)22(30)32-3)17(20(28)21(26)29)19(27)13-7-9-16(31-2)10-8-13/h4-11,18,27H,1-3H3. The van der Waals surface area contributed by atoms with Crippen LogP contribution in [-0.4, -0.2) is 47.2 Å². The number of methoxy groups -OCH3 is 2. The van der Waals surface area contributed by atoms with Gasteiger partial charge in [0.25, 0.3) is 5.78 Å². The molecule has 1 amide bonds. The third-order valence-corrected chi connectivity index (χ3v) is 5.99. The highest BCUT2D eigenvalue weighted by Crippen LogP contribution is 2.43. The highest BCUT2D eigenvalue weighted by molar-refractivity contribution is 7.15. The van der Waals surface area contributed by atoms with Crippen LogP contribution in [0, 0.1) is 6.92 Å². The molecule has 0 radical (unpaired) electrons. The zero-order valence-electron chi connectivity index (χ0n) is 17.9. The van der Waals surface area contributed by atoms with Gasteiger partial charge in [0, 0.05) is 5.56 Å². The first-order valence-corrected chi connectivity index (χ1v) is 10.6. The second-order valence-electron chi connectivity index (χ2n) is 7.12. The number of esters is 1. The van der Waals surface area contributed by atoms with Crippen molar-refractivity contribution in [3.05, 3.63) is 75.8 Å². The number of ether oxygens (including phenoxy) is 2. The average Bonchev–Trinajstić information content (AvgIpc) is 3.38. The van der Waals surface area contributed by atoms with E-state index in [-0.39, 0.29) is 22.0 Å². The quantitative estimate of drug-likeness (QED) is 0.264. The number of ketones is 1. The molecule has 0 aliphatic carbocycles. The first-order chi connectivity index (χ1) is 15.8. The summed E-state index contributed by atoms with van der Waals surface area (Å²) in [5.41, 5.74) is 0.870. The zero-order valence-corrected chi connectivity index (χ0v) is 18.8. The van der Waals surface area contributed by atoms with Crippen LogP contribution >= 0.6 is 11.3 Å². The van der Waals surface area contributed by atoms with Gasteiger partial charge in [0.15, 0.2) is 0 Å². The van der Waals surface area contributed by atoms with Crippen molar-refractivity contribution in [2.75, 3.05) is 19.1 Å². The van der Waals surface area contributed by atoms with Gasteiger partial charge in [-0.05, 0) is 48.9 Å². The Morgan fingerprint density at radius 3 is 2.39 bits per heavy atom. The van der Waals surface area contributed by atoms with Gasteiger partial charge in [-0.1, -0.05) is 23.5 Å². The number of rotatable bonds is 5. The molecule has 0 spiro atoms. The monoisotopic (exact) mass is 465 g/mol. The molecule has 9 nitrogen and oxygen atoms in total. The van der Waals surface area contributed by atoms with Gasteiger partial charge in [-0.25, -0.2) is 4.79 Å². The molecule has 1 unspecified atom stereocenters. The Balaban J connectivity index is 1.93. The second-order valence-corrected chi connectivity index (χ2v) is 8.28. The molecule has 1 fully saturated rings. The van der Waals surface area contributed by atoms with Gasteiger partial charge in [0.1, 0.15) is 16.5 Å². The van der Waals surface area contributed by atoms with Crippen molar-refractivity contribution in [2.24, 2.45) is 0 Å². The van der Waals surface area contributed by atoms with Crippen LogP contribution in [0.5, 0.6) is 5.75 Å². The molecule has 10 heteroatoms. The molecule has 1 aliphatic rings. The van der Waals surface area contributed by atoms with E-state index in [0.29, 0.717) is 21.9 Å². The number of aliphatic hydroxyl groups is 1. The first kappa shape index (κ1) is 22.2. The topological polar surface area (TPSA) is 119 Å². The van der Waals surface area contributed by atoms with Crippen molar-refractivity contribution in [3.8, 4) is 5.75 Å². The molecule has 0 saturated carbocycles. The molecule has 0 bridgehead atoms. The Kier molecular flexibility index (Phi) is 5.93. The lowest BCUT2D eigenvalue weighted by Crippen LogP contribution is -2.29. The van der Waals surface area contributed by atoms with E-state index in [1.54, 1.807) is 49.4 Å². The molecule has 1 aromatic heterocycles. The van der Waals surface area contributed by atoms with Crippen LogP contribution in [0.4, 0.5) is 5.13 Å². The Morgan fingerprint density at radius 2 is 1.79 bits per heavy atom. The number of carbonyl (C=O) groups is 3. The van der Waals surface area contributed by atoms with E-state index < -0.39 is 23.7 Å². The third-order valence-electron chi connectivity index (χ3n) is 5.15. The van der Waals surface area contributed by atoms with Gasteiger partial charge in [-0.2, -0.15) is 0 Å². The van der Waals surface area contributed by atoms with Crippen molar-refractivity contribution in [3.63, 3.8) is 0 Å². The highest BCUT2D eigenvalue weighted by atomic mass is 32.1. The van der Waals surface area contributed by atoms with Crippen LogP contribution in [0.1, 0.15) is 32.5 Å². The number of hydrogen-bond donors (Lipinski definition) is 1. The van der Waals surface area contributed by atoms with Gasteiger partial charge in [-0.3, -0.25) is 14.5 Å². The van der Waals surface area contributed by atoms with Crippen LogP contribution in [0.15, 0.2) is 54.1 Å². The van der Waals surface area contributed by atoms with E-state index in [9.17, 15) is 19.5 Å². The van der Waals surface area contributed by atoms with Crippen molar-refractivity contribution in [1.82, 2.24) is 10.2 Å². The maximum Gasteiger partial charge on any atom is 0.337 e. The molecule has 1 atom stereocenters. The number of aryl methyl sites for hydroxylation is 1. The summed E-state index contributed by atoms with van der Waals surface area (Å²) in [4.78, 5) is 39.5. The van der Waals surface area contributed by atoms with E-state index >= 15 is 0 Å². The Morgan fingerprint density at radius 1 is 1.06 bits per heavy atom. The molecular formula is C23H19N3O6S. The SMILES string of the molecule is COC(=O)c1cccc(C2C(=C(O)c3ccc(OC)cc3)C(=O)C(=O)N2c2nnc(C)s2)c1. The first-order valence-electron chi connectivity index (χ1n) is 9.79. The van der Waals surface area contributed by atoms with Gasteiger partial charge in [0.05, 0.1) is 31.4 Å². The summed E-state index contributed by atoms with van der Waals surface area (Å²) in [5.74, 6) is -2.08. The minimum Gasteiger partial charge on any atom is -0.507 e. The second kappa shape index (κ2) is 8.83. The molecule has 2 aromatic carbocycles. The Bertz CT molecular complexity index is 1280. The number of amides is 1. The molecular weight excluding hydrogens is 446 g/mol. The number of carbonyl (C=O) groups excluding carboxylic acids is 3. The van der Waals surface area contributed by atoms with Crippen LogP contribution in [0.2, 0.25) is 0 Å². The number of benzene rings is 2. The number of aliphatic hydroxyl groups excluding tert-OH is 1. The van der Waals surface area contributed by atoms with Crippen LogP contribution in [0.3, 0.4) is 0 Å². The van der Waals surface area contributed by atoms with E-state index in [1.165, 1.54) is 25.2 Å². The fourth-order valence-corrected chi connectivity index (χ4v) is 4.30. The van der Waals surface area contributed by atoms with Gasteiger partial charge in [0.2, 0.25) is 5.13 Å². The molecule has 2 heterocycles. The fourth-order valence-electron chi connectivity index (χ4n) is 3.59. The van der Waals surface area contributed by atoms with Crippen molar-refractivity contribution in [1.29, 1.82) is 0 Å². The van der Waals surface area contributed by atoms with Crippen LogP contribution in [0.25, 0.3) is 5.76 Å². The average molecular weight is 465 g/mol. The lowest BCUT2D eigenvalue weighted by Gasteiger charge is -2.23. The molecule has 168 valence electrons. The van der Waals surface area contributed by atoms with Gasteiger partial charge >= 0.3 is 11.9 Å². The number of Topliss-reactive ketones (excluding diaryl/α,β-unsaturated/α-hetero) is 1. The lowest BCUT2D eigenvalue weighted by atomic mass is 9.94.